The van der Waals surface area contributed by atoms with E-state index in [0.717, 1.165) is 5.56 Å². The van der Waals surface area contributed by atoms with Crippen LogP contribution >= 0.6 is 0 Å². The molecule has 1 atom stereocenters. The van der Waals surface area contributed by atoms with E-state index in [-0.39, 0.29) is 11.9 Å². The number of rotatable bonds is 6. The van der Waals surface area contributed by atoms with Crippen LogP contribution in [0.3, 0.4) is 0 Å². The summed E-state index contributed by atoms with van der Waals surface area (Å²) in [5, 5.41) is 6.91. The minimum atomic E-state index is -0.172. The molecular formula is C19H19N3O3. The molecule has 1 amide bonds. The van der Waals surface area contributed by atoms with Gasteiger partial charge in [-0.1, -0.05) is 41.6 Å². The van der Waals surface area contributed by atoms with Crippen molar-refractivity contribution in [3.63, 3.8) is 0 Å². The van der Waals surface area contributed by atoms with Gasteiger partial charge in [-0.3, -0.25) is 4.79 Å². The van der Waals surface area contributed by atoms with Crippen LogP contribution in [-0.2, 0) is 6.42 Å². The fraction of sp³-hybridized carbons (Fsp3) is 0.211. The van der Waals surface area contributed by atoms with Gasteiger partial charge in [0.25, 0.3) is 5.91 Å². The summed E-state index contributed by atoms with van der Waals surface area (Å²) in [6, 6.07) is 16.5. The average molecular weight is 337 g/mol. The molecule has 0 aliphatic rings. The smallest absolute Gasteiger partial charge is 0.251 e. The molecule has 0 bridgehead atoms. The van der Waals surface area contributed by atoms with Gasteiger partial charge in [-0.05, 0) is 25.1 Å². The zero-order valence-corrected chi connectivity index (χ0v) is 14.1. The van der Waals surface area contributed by atoms with E-state index in [2.05, 4.69) is 15.5 Å². The molecule has 25 heavy (non-hydrogen) atoms. The van der Waals surface area contributed by atoms with E-state index >= 15 is 0 Å². The Balaban J connectivity index is 1.62. The highest BCUT2D eigenvalue weighted by molar-refractivity contribution is 5.94. The lowest BCUT2D eigenvalue weighted by atomic mass is 10.1. The summed E-state index contributed by atoms with van der Waals surface area (Å²) < 4.78 is 10.4. The van der Waals surface area contributed by atoms with E-state index in [1.54, 1.807) is 31.4 Å². The minimum Gasteiger partial charge on any atom is -0.497 e. The molecule has 3 rings (SSSR count). The third-order valence-electron chi connectivity index (χ3n) is 3.69. The Bertz CT molecular complexity index is 846. The SMILES string of the molecule is COc1cccc(C(=O)NC(C)Cc2nc(-c3ccccc3)no2)c1. The maximum Gasteiger partial charge on any atom is 0.251 e. The predicted molar refractivity (Wildman–Crippen MR) is 93.4 cm³/mol. The number of hydrogen-bond donors (Lipinski definition) is 1. The Morgan fingerprint density at radius 2 is 2.00 bits per heavy atom. The molecule has 6 heteroatoms. The molecule has 0 aliphatic heterocycles. The Morgan fingerprint density at radius 1 is 1.20 bits per heavy atom. The number of methoxy groups -OCH3 is 1. The van der Waals surface area contributed by atoms with Crippen LogP contribution in [0.25, 0.3) is 11.4 Å². The number of hydrogen-bond acceptors (Lipinski definition) is 5. The standard InChI is InChI=1S/C19H19N3O3/c1-13(20-19(23)15-9-6-10-16(12-15)24-2)11-17-21-18(22-25-17)14-7-4-3-5-8-14/h3-10,12-13H,11H2,1-2H3,(H,20,23). The van der Waals surface area contributed by atoms with Crippen LogP contribution in [0.4, 0.5) is 0 Å². The molecule has 128 valence electrons. The molecule has 0 saturated carbocycles. The highest BCUT2D eigenvalue weighted by atomic mass is 16.5. The lowest BCUT2D eigenvalue weighted by Gasteiger charge is -2.12. The number of nitrogens with one attached hydrogen (secondary N) is 1. The van der Waals surface area contributed by atoms with Gasteiger partial charge in [0.1, 0.15) is 5.75 Å². The van der Waals surface area contributed by atoms with E-state index in [1.807, 2.05) is 37.3 Å². The van der Waals surface area contributed by atoms with Gasteiger partial charge in [0.2, 0.25) is 11.7 Å². The monoisotopic (exact) mass is 337 g/mol. The Labute approximate surface area is 145 Å². The zero-order chi connectivity index (χ0) is 17.6. The van der Waals surface area contributed by atoms with Gasteiger partial charge >= 0.3 is 0 Å². The summed E-state index contributed by atoms with van der Waals surface area (Å²) in [5.74, 6) is 1.50. The lowest BCUT2D eigenvalue weighted by Crippen LogP contribution is -2.34. The maximum atomic E-state index is 12.3. The number of nitrogens with zero attached hydrogens (tertiary/aromatic N) is 2. The molecule has 0 fully saturated rings. The number of carbonyl (C=O) groups is 1. The van der Waals surface area contributed by atoms with Crippen LogP contribution in [0.15, 0.2) is 59.1 Å². The largest absolute Gasteiger partial charge is 0.497 e. The van der Waals surface area contributed by atoms with Gasteiger partial charge in [0.15, 0.2) is 0 Å². The van der Waals surface area contributed by atoms with Gasteiger partial charge in [-0.2, -0.15) is 4.98 Å². The first-order valence-corrected chi connectivity index (χ1v) is 7.98. The summed E-state index contributed by atoms with van der Waals surface area (Å²) in [6.45, 7) is 1.89. The first-order chi connectivity index (χ1) is 12.2. The highest BCUT2D eigenvalue weighted by Gasteiger charge is 2.15. The number of benzene rings is 2. The second kappa shape index (κ2) is 7.61. The molecule has 3 aromatic rings. The summed E-state index contributed by atoms with van der Waals surface area (Å²) >= 11 is 0. The molecule has 0 spiro atoms. The fourth-order valence-electron chi connectivity index (χ4n) is 2.43. The molecule has 1 N–H and O–H groups in total. The van der Waals surface area contributed by atoms with Crippen molar-refractivity contribution < 1.29 is 14.1 Å². The summed E-state index contributed by atoms with van der Waals surface area (Å²) in [4.78, 5) is 16.7. The Hall–Kier alpha value is -3.15. The van der Waals surface area contributed by atoms with Crippen LogP contribution in [0.2, 0.25) is 0 Å². The first-order valence-electron chi connectivity index (χ1n) is 7.98. The van der Waals surface area contributed by atoms with Crippen LogP contribution in [0.1, 0.15) is 23.2 Å². The van der Waals surface area contributed by atoms with Crippen molar-refractivity contribution in [1.82, 2.24) is 15.5 Å². The van der Waals surface area contributed by atoms with Crippen LogP contribution in [0.5, 0.6) is 5.75 Å². The molecule has 1 unspecified atom stereocenters. The quantitative estimate of drug-likeness (QED) is 0.748. The third-order valence-corrected chi connectivity index (χ3v) is 3.69. The van der Waals surface area contributed by atoms with Crippen molar-refractivity contribution >= 4 is 5.91 Å². The summed E-state index contributed by atoms with van der Waals surface area (Å²) in [6.07, 6.45) is 0.454. The van der Waals surface area contributed by atoms with Crippen molar-refractivity contribution in [3.05, 3.63) is 66.1 Å². The van der Waals surface area contributed by atoms with Gasteiger partial charge < -0.3 is 14.6 Å². The predicted octanol–water partition coefficient (Wildman–Crippen LogP) is 3.11. The van der Waals surface area contributed by atoms with Gasteiger partial charge in [0.05, 0.1) is 7.11 Å². The molecule has 0 saturated heterocycles. The van der Waals surface area contributed by atoms with Gasteiger partial charge in [-0.25, -0.2) is 0 Å². The van der Waals surface area contributed by atoms with Crippen LogP contribution in [0, 0.1) is 0 Å². The van der Waals surface area contributed by atoms with E-state index in [0.29, 0.717) is 29.4 Å². The average Bonchev–Trinajstić information content (AvgIpc) is 3.10. The molecular weight excluding hydrogens is 318 g/mol. The number of aromatic nitrogens is 2. The normalized spacial score (nSPS) is 11.8. The third kappa shape index (κ3) is 4.23. The van der Waals surface area contributed by atoms with Crippen LogP contribution < -0.4 is 10.1 Å². The number of carbonyl (C=O) groups excluding carboxylic acids is 1. The van der Waals surface area contributed by atoms with Crippen molar-refractivity contribution in [2.24, 2.45) is 0 Å². The highest BCUT2D eigenvalue weighted by Crippen LogP contribution is 2.16. The van der Waals surface area contributed by atoms with E-state index < -0.39 is 0 Å². The Morgan fingerprint density at radius 3 is 2.76 bits per heavy atom. The Kier molecular flexibility index (Phi) is 5.09. The number of amides is 1. The van der Waals surface area contributed by atoms with E-state index in [4.69, 9.17) is 9.26 Å². The van der Waals surface area contributed by atoms with Crippen molar-refractivity contribution in [1.29, 1.82) is 0 Å². The second-order valence-electron chi connectivity index (χ2n) is 5.69. The molecule has 1 aromatic heterocycles. The zero-order valence-electron chi connectivity index (χ0n) is 14.1. The topological polar surface area (TPSA) is 77.2 Å². The second-order valence-corrected chi connectivity index (χ2v) is 5.69. The lowest BCUT2D eigenvalue weighted by molar-refractivity contribution is 0.0938. The van der Waals surface area contributed by atoms with Crippen molar-refractivity contribution in [2.45, 2.75) is 19.4 Å². The fourth-order valence-corrected chi connectivity index (χ4v) is 2.43. The first kappa shape index (κ1) is 16.7. The van der Waals surface area contributed by atoms with Gasteiger partial charge in [0, 0.05) is 23.6 Å². The van der Waals surface area contributed by atoms with E-state index in [9.17, 15) is 4.79 Å². The molecule has 0 radical (unpaired) electrons. The maximum absolute atomic E-state index is 12.3. The molecule has 1 heterocycles. The summed E-state index contributed by atoms with van der Waals surface area (Å²) in [7, 11) is 1.57. The minimum absolute atomic E-state index is 0.150. The number of ether oxygens (including phenoxy) is 1. The van der Waals surface area contributed by atoms with Crippen molar-refractivity contribution in [3.8, 4) is 17.1 Å². The summed E-state index contributed by atoms with van der Waals surface area (Å²) in [5.41, 5.74) is 1.44. The van der Waals surface area contributed by atoms with Crippen LogP contribution in [-0.4, -0.2) is 29.2 Å². The van der Waals surface area contributed by atoms with E-state index in [1.165, 1.54) is 0 Å². The molecule has 0 aliphatic carbocycles. The van der Waals surface area contributed by atoms with Crippen molar-refractivity contribution in [2.75, 3.05) is 7.11 Å². The molecule has 2 aromatic carbocycles. The molecule has 6 nitrogen and oxygen atoms in total. The van der Waals surface area contributed by atoms with Gasteiger partial charge in [-0.15, -0.1) is 0 Å².